The Morgan fingerprint density at radius 2 is 2.71 bits per heavy atom. The van der Waals surface area contributed by atoms with E-state index in [0.717, 1.165) is 5.92 Å². The van der Waals surface area contributed by atoms with Crippen LogP contribution in [0.25, 0.3) is 0 Å². The first-order chi connectivity index (χ1) is 3.45. The summed E-state index contributed by atoms with van der Waals surface area (Å²) in [5, 5.41) is 0. The summed E-state index contributed by atoms with van der Waals surface area (Å²) in [5.41, 5.74) is 7.92. The molecule has 0 heteroatoms. The molecule has 0 aliphatic heterocycles. The fraction of sp³-hybridized carbons (Fsp3) is 0.286. The minimum atomic E-state index is 0.815. The van der Waals surface area contributed by atoms with Gasteiger partial charge < -0.3 is 0 Å². The molecule has 1 saturated carbocycles. The van der Waals surface area contributed by atoms with Gasteiger partial charge in [-0.2, -0.15) is 0 Å². The molecule has 5 rings (SSSR count). The molecule has 0 aromatic rings. The van der Waals surface area contributed by atoms with Crippen LogP contribution in [0.5, 0.6) is 0 Å². The van der Waals surface area contributed by atoms with Crippen LogP contribution in [0.4, 0.5) is 0 Å². The van der Waals surface area contributed by atoms with E-state index in [4.69, 9.17) is 0 Å². The van der Waals surface area contributed by atoms with Crippen molar-refractivity contribution in [3.63, 3.8) is 0 Å². The minimum Gasteiger partial charge on any atom is -0.116 e. The third kappa shape index (κ3) is 0.103. The third-order valence-corrected chi connectivity index (χ3v) is 2.08. The Morgan fingerprint density at radius 1 is 1.71 bits per heavy atom. The molecule has 0 saturated heterocycles. The molecule has 0 heterocycles. The average Bonchev–Trinajstić information content (AvgIpc) is 2.14. The molecule has 0 spiro atoms. The normalized spacial score (nSPS) is 37.7. The molecule has 1 fully saturated rings. The second-order valence-electron chi connectivity index (χ2n) is 2.41. The van der Waals surface area contributed by atoms with E-state index in [1.54, 1.807) is 11.1 Å². The zero-order chi connectivity index (χ0) is 4.43. The number of rotatable bonds is 0. The Morgan fingerprint density at radius 3 is 2.86 bits per heavy atom. The van der Waals surface area contributed by atoms with Gasteiger partial charge in [0.05, 0.1) is 0 Å². The average molecular weight is 88.1 g/mol. The maximum Gasteiger partial charge on any atom is 0.0390 e. The highest BCUT2D eigenvalue weighted by Crippen LogP contribution is 2.55. The number of allylic oxidation sites excluding steroid dienone is 3. The Kier molecular flexibility index (Phi) is 0.170. The summed E-state index contributed by atoms with van der Waals surface area (Å²) < 4.78 is 0. The van der Waals surface area contributed by atoms with Gasteiger partial charge in [0, 0.05) is 17.9 Å². The predicted octanol–water partition coefficient (Wildman–Crippen LogP) is 1.41. The van der Waals surface area contributed by atoms with Crippen LogP contribution in [0.2, 0.25) is 0 Å². The van der Waals surface area contributed by atoms with Gasteiger partial charge in [-0.05, 0) is 11.1 Å². The first-order valence-corrected chi connectivity index (χ1v) is 2.66. The van der Waals surface area contributed by atoms with Crippen molar-refractivity contribution < 1.29 is 0 Å². The highest BCUT2D eigenvalue weighted by Gasteiger charge is 2.42. The van der Waals surface area contributed by atoms with E-state index in [1.807, 2.05) is 0 Å². The molecule has 5 aliphatic rings. The highest BCUT2D eigenvalue weighted by molar-refractivity contribution is 5.66. The standard InChI is InChI=1S/C7H4/c1-4-2-6-5(1)3-7(4)6/h2,6H,1H2. The van der Waals surface area contributed by atoms with Crippen molar-refractivity contribution in [1.29, 1.82) is 0 Å². The second kappa shape index (κ2) is 0.469. The largest absolute Gasteiger partial charge is 0.116 e. The Labute approximate surface area is 41.8 Å². The molecule has 0 aromatic carbocycles. The summed E-state index contributed by atoms with van der Waals surface area (Å²) in [7, 11) is 0. The van der Waals surface area contributed by atoms with Crippen LogP contribution in [0.15, 0.2) is 28.5 Å². The van der Waals surface area contributed by atoms with Crippen LogP contribution in [-0.2, 0) is 0 Å². The predicted molar refractivity (Wildman–Crippen MR) is 26.7 cm³/mol. The second-order valence-corrected chi connectivity index (χ2v) is 2.41. The van der Waals surface area contributed by atoms with Crippen molar-refractivity contribution in [2.75, 3.05) is 0 Å². The fourth-order valence-corrected chi connectivity index (χ4v) is 1.60. The van der Waals surface area contributed by atoms with Gasteiger partial charge in [-0.3, -0.25) is 0 Å². The van der Waals surface area contributed by atoms with E-state index in [-0.39, 0.29) is 0 Å². The van der Waals surface area contributed by atoms with E-state index in [0.29, 0.717) is 0 Å². The fourth-order valence-electron chi connectivity index (χ4n) is 1.60. The van der Waals surface area contributed by atoms with Crippen LogP contribution in [0.1, 0.15) is 6.42 Å². The Hall–Kier alpha value is -0.740. The summed E-state index contributed by atoms with van der Waals surface area (Å²) in [6.45, 7) is 0. The number of hydrogen-bond acceptors (Lipinski definition) is 0. The summed E-state index contributed by atoms with van der Waals surface area (Å²) >= 11 is 0. The molecule has 0 amide bonds. The van der Waals surface area contributed by atoms with Crippen LogP contribution < -0.4 is 0 Å². The van der Waals surface area contributed by atoms with Crippen molar-refractivity contribution in [2.24, 2.45) is 5.92 Å². The lowest BCUT2D eigenvalue weighted by Crippen LogP contribution is -2.08. The van der Waals surface area contributed by atoms with Crippen molar-refractivity contribution in [3.8, 4) is 0 Å². The van der Waals surface area contributed by atoms with E-state index in [2.05, 4.69) is 11.8 Å². The van der Waals surface area contributed by atoms with Gasteiger partial charge in [-0.15, -0.1) is 5.73 Å². The van der Waals surface area contributed by atoms with Gasteiger partial charge in [-0.25, -0.2) is 0 Å². The summed E-state index contributed by atoms with van der Waals surface area (Å²) in [6, 6.07) is 0. The van der Waals surface area contributed by atoms with Crippen LogP contribution in [0, 0.1) is 5.92 Å². The van der Waals surface area contributed by atoms with Crippen LogP contribution in [-0.4, -0.2) is 0 Å². The SMILES string of the molecule is C1=C2CC3=CC2C=13. The van der Waals surface area contributed by atoms with Gasteiger partial charge in [0.15, 0.2) is 0 Å². The molecule has 0 aromatic heterocycles. The van der Waals surface area contributed by atoms with Gasteiger partial charge in [-0.1, -0.05) is 6.08 Å². The molecular formula is C7H4. The van der Waals surface area contributed by atoms with E-state index in [9.17, 15) is 0 Å². The van der Waals surface area contributed by atoms with E-state index in [1.165, 1.54) is 12.0 Å². The molecule has 32 valence electrons. The van der Waals surface area contributed by atoms with E-state index < -0.39 is 0 Å². The molecule has 0 N–H and O–H groups in total. The van der Waals surface area contributed by atoms with Gasteiger partial charge in [0.1, 0.15) is 0 Å². The lowest BCUT2D eigenvalue weighted by Gasteiger charge is -2.19. The highest BCUT2D eigenvalue weighted by atomic mass is 14.4. The molecule has 5 aliphatic carbocycles. The van der Waals surface area contributed by atoms with Crippen molar-refractivity contribution in [3.05, 3.63) is 28.5 Å². The minimum absolute atomic E-state index is 0.815. The van der Waals surface area contributed by atoms with Crippen molar-refractivity contribution in [2.45, 2.75) is 6.42 Å². The van der Waals surface area contributed by atoms with Gasteiger partial charge in [0.2, 0.25) is 0 Å². The quantitative estimate of drug-likeness (QED) is 0.393. The first-order valence-electron chi connectivity index (χ1n) is 2.66. The first kappa shape index (κ1) is 2.54. The zero-order valence-electron chi connectivity index (χ0n) is 3.86. The van der Waals surface area contributed by atoms with Gasteiger partial charge in [0.25, 0.3) is 0 Å². The maximum atomic E-state index is 3.28. The molecule has 7 heavy (non-hydrogen) atoms. The topological polar surface area (TPSA) is 0 Å². The summed E-state index contributed by atoms with van der Waals surface area (Å²) in [4.78, 5) is 0. The molecule has 1 unspecified atom stereocenters. The van der Waals surface area contributed by atoms with Crippen LogP contribution >= 0.6 is 0 Å². The zero-order valence-corrected chi connectivity index (χ0v) is 3.86. The summed E-state index contributed by atoms with van der Waals surface area (Å²) in [6.07, 6.45) is 3.60. The summed E-state index contributed by atoms with van der Waals surface area (Å²) in [5.74, 6) is 0.815. The smallest absolute Gasteiger partial charge is 0.0390 e. The third-order valence-electron chi connectivity index (χ3n) is 2.08. The molecule has 1 atom stereocenters. The van der Waals surface area contributed by atoms with E-state index >= 15 is 0 Å². The molecular weight excluding hydrogens is 84.1 g/mol. The number of hydrogen-bond donors (Lipinski definition) is 0. The molecule has 4 bridgehead atoms. The lowest BCUT2D eigenvalue weighted by molar-refractivity contribution is 0.892. The lowest BCUT2D eigenvalue weighted by atomic mass is 9.83. The molecule has 0 nitrogen and oxygen atoms in total. The van der Waals surface area contributed by atoms with Crippen LogP contribution in [0.3, 0.4) is 0 Å². The van der Waals surface area contributed by atoms with Gasteiger partial charge >= 0.3 is 0 Å². The Balaban J connectivity index is 2.61. The monoisotopic (exact) mass is 88.0 g/mol. The molecule has 0 radical (unpaired) electrons. The van der Waals surface area contributed by atoms with Crippen molar-refractivity contribution >= 4 is 0 Å². The van der Waals surface area contributed by atoms with Crippen molar-refractivity contribution in [1.82, 2.24) is 0 Å². The maximum absolute atomic E-state index is 3.28. The Bertz CT molecular complexity index is 247.